The van der Waals surface area contributed by atoms with Crippen LogP contribution in [0.1, 0.15) is 42.9 Å². The van der Waals surface area contributed by atoms with Gasteiger partial charge in [-0.15, -0.1) is 12.4 Å². The van der Waals surface area contributed by atoms with Crippen LogP contribution in [0.25, 0.3) is 0 Å². The second-order valence-corrected chi connectivity index (χ2v) is 6.77. The molecule has 2 nitrogen and oxygen atoms in total. The molecule has 1 saturated carbocycles. The molecule has 1 heterocycles. The lowest BCUT2D eigenvalue weighted by Crippen LogP contribution is -2.47. The third kappa shape index (κ3) is 3.59. The standard InChI is InChI=1S/C17H24ClFN2.ClH/c1-12-6-7-14(18)15(16(12)19)17(13-4-2-3-5-13)21-10-8-20-9-11-21;/h6-7,13,17,20H,2-5,8-11H2,1H3;1H/t17-;/m1./s1. The van der Waals surface area contributed by atoms with Crippen molar-refractivity contribution in [2.45, 2.75) is 38.6 Å². The number of nitrogens with zero attached hydrogens (tertiary/aromatic N) is 1. The average Bonchev–Trinajstić information content (AvgIpc) is 3.02. The molecule has 1 aromatic carbocycles. The molecule has 2 fully saturated rings. The number of hydrogen-bond donors (Lipinski definition) is 1. The van der Waals surface area contributed by atoms with Crippen molar-refractivity contribution in [2.24, 2.45) is 5.92 Å². The molecule has 3 rings (SSSR count). The summed E-state index contributed by atoms with van der Waals surface area (Å²) in [5.74, 6) is 0.440. The van der Waals surface area contributed by atoms with Crippen molar-refractivity contribution in [1.29, 1.82) is 0 Å². The Kier molecular flexibility index (Phi) is 6.51. The van der Waals surface area contributed by atoms with Crippen LogP contribution in [0, 0.1) is 18.7 Å². The van der Waals surface area contributed by atoms with Crippen LogP contribution in [0.5, 0.6) is 0 Å². The van der Waals surface area contributed by atoms with E-state index in [-0.39, 0.29) is 24.3 Å². The number of rotatable bonds is 3. The summed E-state index contributed by atoms with van der Waals surface area (Å²) in [5, 5.41) is 3.98. The Hall–Kier alpha value is -0.350. The van der Waals surface area contributed by atoms with Crippen LogP contribution in [0.4, 0.5) is 4.39 Å². The van der Waals surface area contributed by atoms with Gasteiger partial charge in [-0.3, -0.25) is 4.90 Å². The molecule has 2 aliphatic rings. The van der Waals surface area contributed by atoms with E-state index < -0.39 is 0 Å². The Morgan fingerprint density at radius 2 is 1.86 bits per heavy atom. The molecule has 0 aromatic heterocycles. The summed E-state index contributed by atoms with van der Waals surface area (Å²) in [5.41, 5.74) is 1.44. The Morgan fingerprint density at radius 3 is 2.50 bits per heavy atom. The van der Waals surface area contributed by atoms with Crippen molar-refractivity contribution in [1.82, 2.24) is 10.2 Å². The fraction of sp³-hybridized carbons (Fsp3) is 0.647. The van der Waals surface area contributed by atoms with E-state index in [1.807, 2.05) is 13.0 Å². The van der Waals surface area contributed by atoms with E-state index in [9.17, 15) is 4.39 Å². The molecular weight excluding hydrogens is 322 g/mol. The number of hydrogen-bond acceptors (Lipinski definition) is 2. The molecule has 0 bridgehead atoms. The Labute approximate surface area is 143 Å². The monoisotopic (exact) mass is 346 g/mol. The van der Waals surface area contributed by atoms with Gasteiger partial charge in [-0.1, -0.05) is 30.5 Å². The minimum absolute atomic E-state index is 0. The predicted molar refractivity (Wildman–Crippen MR) is 92.5 cm³/mol. The van der Waals surface area contributed by atoms with Crippen LogP contribution in [-0.2, 0) is 0 Å². The quantitative estimate of drug-likeness (QED) is 0.875. The van der Waals surface area contributed by atoms with Crippen LogP contribution < -0.4 is 5.32 Å². The van der Waals surface area contributed by atoms with Crippen molar-refractivity contribution >= 4 is 24.0 Å². The molecule has 22 heavy (non-hydrogen) atoms. The first-order chi connectivity index (χ1) is 10.2. The summed E-state index contributed by atoms with van der Waals surface area (Å²) >= 11 is 6.41. The molecule has 1 N–H and O–H groups in total. The van der Waals surface area contributed by atoms with Crippen LogP contribution in [0.15, 0.2) is 12.1 Å². The number of benzene rings is 1. The molecule has 1 atom stereocenters. The van der Waals surface area contributed by atoms with E-state index in [0.717, 1.165) is 31.7 Å². The topological polar surface area (TPSA) is 15.3 Å². The zero-order valence-electron chi connectivity index (χ0n) is 13.1. The Balaban J connectivity index is 0.00000176. The van der Waals surface area contributed by atoms with Crippen molar-refractivity contribution in [2.75, 3.05) is 26.2 Å². The third-order valence-corrected chi connectivity index (χ3v) is 5.34. The van der Waals surface area contributed by atoms with Crippen molar-refractivity contribution in [3.05, 3.63) is 34.1 Å². The van der Waals surface area contributed by atoms with Crippen molar-refractivity contribution < 1.29 is 4.39 Å². The molecule has 1 aliphatic carbocycles. The molecular formula is C17H25Cl2FN2. The molecule has 1 saturated heterocycles. The first kappa shape index (κ1) is 18.0. The van der Waals surface area contributed by atoms with Gasteiger partial charge in [0.2, 0.25) is 0 Å². The lowest BCUT2D eigenvalue weighted by Gasteiger charge is -2.39. The normalized spacial score (nSPS) is 21.6. The second kappa shape index (κ2) is 7.96. The molecule has 0 spiro atoms. The minimum atomic E-state index is -0.0991. The average molecular weight is 347 g/mol. The highest BCUT2D eigenvalue weighted by molar-refractivity contribution is 6.31. The van der Waals surface area contributed by atoms with Crippen molar-refractivity contribution in [3.63, 3.8) is 0 Å². The first-order valence-electron chi connectivity index (χ1n) is 8.07. The van der Waals surface area contributed by atoms with E-state index in [1.54, 1.807) is 6.07 Å². The van der Waals surface area contributed by atoms with Gasteiger partial charge >= 0.3 is 0 Å². The highest BCUT2D eigenvalue weighted by Crippen LogP contribution is 2.43. The largest absolute Gasteiger partial charge is 0.314 e. The molecule has 124 valence electrons. The van der Waals surface area contributed by atoms with Gasteiger partial charge in [-0.25, -0.2) is 4.39 Å². The van der Waals surface area contributed by atoms with Gasteiger partial charge in [0.25, 0.3) is 0 Å². The van der Waals surface area contributed by atoms with Gasteiger partial charge in [0.05, 0.1) is 0 Å². The smallest absolute Gasteiger partial charge is 0.132 e. The summed E-state index contributed by atoms with van der Waals surface area (Å²) < 4.78 is 14.8. The highest BCUT2D eigenvalue weighted by atomic mass is 35.5. The van der Waals surface area contributed by atoms with E-state index in [0.29, 0.717) is 16.5 Å². The lowest BCUT2D eigenvalue weighted by atomic mass is 9.88. The summed E-state index contributed by atoms with van der Waals surface area (Å²) in [6.07, 6.45) is 4.91. The molecule has 1 aromatic rings. The van der Waals surface area contributed by atoms with Crippen LogP contribution in [-0.4, -0.2) is 31.1 Å². The molecule has 0 unspecified atom stereocenters. The van der Waals surface area contributed by atoms with Gasteiger partial charge < -0.3 is 5.32 Å². The summed E-state index contributed by atoms with van der Waals surface area (Å²) in [6.45, 7) is 5.75. The highest BCUT2D eigenvalue weighted by Gasteiger charge is 2.35. The number of nitrogens with one attached hydrogen (secondary N) is 1. The van der Waals surface area contributed by atoms with Crippen molar-refractivity contribution in [3.8, 4) is 0 Å². The predicted octanol–water partition coefficient (Wildman–Crippen LogP) is 4.35. The Morgan fingerprint density at radius 1 is 1.23 bits per heavy atom. The summed E-state index contributed by atoms with van der Waals surface area (Å²) in [4.78, 5) is 2.44. The van der Waals surface area contributed by atoms with E-state index in [1.165, 1.54) is 25.7 Å². The maximum Gasteiger partial charge on any atom is 0.132 e. The maximum absolute atomic E-state index is 14.8. The van der Waals surface area contributed by atoms with E-state index in [4.69, 9.17) is 11.6 Å². The second-order valence-electron chi connectivity index (χ2n) is 6.37. The zero-order chi connectivity index (χ0) is 14.8. The van der Waals surface area contributed by atoms with Crippen LogP contribution in [0.3, 0.4) is 0 Å². The fourth-order valence-electron chi connectivity index (χ4n) is 3.90. The number of aryl methyl sites for hydroxylation is 1. The van der Waals surface area contributed by atoms with Gasteiger partial charge in [0.15, 0.2) is 0 Å². The summed E-state index contributed by atoms with van der Waals surface area (Å²) in [6, 6.07) is 3.78. The van der Waals surface area contributed by atoms with E-state index in [2.05, 4.69) is 10.2 Å². The van der Waals surface area contributed by atoms with Gasteiger partial charge in [0.1, 0.15) is 5.82 Å². The third-order valence-electron chi connectivity index (χ3n) is 5.01. The van der Waals surface area contributed by atoms with E-state index >= 15 is 0 Å². The molecule has 0 radical (unpaired) electrons. The van der Waals surface area contributed by atoms with Gasteiger partial charge in [-0.05, 0) is 37.3 Å². The first-order valence-corrected chi connectivity index (χ1v) is 8.45. The minimum Gasteiger partial charge on any atom is -0.314 e. The zero-order valence-corrected chi connectivity index (χ0v) is 14.7. The molecule has 5 heteroatoms. The van der Waals surface area contributed by atoms with Gasteiger partial charge in [-0.2, -0.15) is 0 Å². The van der Waals surface area contributed by atoms with Crippen LogP contribution in [0.2, 0.25) is 5.02 Å². The maximum atomic E-state index is 14.8. The molecule has 1 aliphatic heterocycles. The van der Waals surface area contributed by atoms with Crippen LogP contribution >= 0.6 is 24.0 Å². The number of piperazine rings is 1. The Bertz CT molecular complexity index is 498. The fourth-order valence-corrected chi connectivity index (χ4v) is 4.16. The number of halogens is 3. The lowest BCUT2D eigenvalue weighted by molar-refractivity contribution is 0.122. The van der Waals surface area contributed by atoms with Gasteiger partial charge in [0, 0.05) is 42.8 Å². The SMILES string of the molecule is Cc1ccc(Cl)c([C@@H](C2CCCC2)N2CCNCC2)c1F.Cl. The molecule has 0 amide bonds. The summed E-state index contributed by atoms with van der Waals surface area (Å²) in [7, 11) is 0.